The van der Waals surface area contributed by atoms with Crippen LogP contribution in [0.25, 0.3) is 0 Å². The van der Waals surface area contributed by atoms with E-state index in [9.17, 15) is 14.4 Å². The fourth-order valence-electron chi connectivity index (χ4n) is 5.35. The van der Waals surface area contributed by atoms with Crippen molar-refractivity contribution in [3.05, 3.63) is 71.8 Å². The van der Waals surface area contributed by atoms with Crippen LogP contribution < -0.4 is 9.80 Å². The van der Waals surface area contributed by atoms with Crippen molar-refractivity contribution >= 4 is 29.1 Å². The van der Waals surface area contributed by atoms with Crippen LogP contribution >= 0.6 is 0 Å². The highest BCUT2D eigenvalue weighted by molar-refractivity contribution is 6.22. The number of carbonyl (C=O) groups excluding carboxylic acids is 3. The minimum Gasteiger partial charge on any atom is -0.365 e. The van der Waals surface area contributed by atoms with Gasteiger partial charge in [-0.25, -0.2) is 0 Å². The number of piperazine rings is 1. The van der Waals surface area contributed by atoms with E-state index in [0.717, 1.165) is 6.54 Å². The lowest BCUT2D eigenvalue weighted by Crippen LogP contribution is -2.53. The lowest BCUT2D eigenvalue weighted by Gasteiger charge is -2.41. The molecule has 1 aliphatic carbocycles. The van der Waals surface area contributed by atoms with Crippen LogP contribution in [-0.2, 0) is 9.59 Å². The van der Waals surface area contributed by atoms with Gasteiger partial charge in [-0.05, 0) is 62.6 Å². The molecule has 0 spiro atoms. The van der Waals surface area contributed by atoms with Crippen molar-refractivity contribution < 1.29 is 14.4 Å². The Hall–Kier alpha value is -3.41. The predicted molar refractivity (Wildman–Crippen MR) is 128 cm³/mol. The zero-order chi connectivity index (χ0) is 23.1. The van der Waals surface area contributed by atoms with E-state index in [1.54, 1.807) is 24.3 Å². The van der Waals surface area contributed by atoms with Gasteiger partial charge in [0.05, 0.1) is 17.5 Å². The molecule has 2 fully saturated rings. The van der Waals surface area contributed by atoms with Gasteiger partial charge < -0.3 is 9.80 Å². The van der Waals surface area contributed by atoms with Crippen LogP contribution in [0.3, 0.4) is 0 Å². The van der Waals surface area contributed by atoms with Gasteiger partial charge in [-0.3, -0.25) is 19.3 Å². The van der Waals surface area contributed by atoms with E-state index in [1.165, 1.54) is 16.2 Å². The Morgan fingerprint density at radius 1 is 0.879 bits per heavy atom. The summed E-state index contributed by atoms with van der Waals surface area (Å²) in [6.45, 7) is 6.22. The molecule has 33 heavy (non-hydrogen) atoms. The standard InChI is InChI=1S/C27H29N3O3/c1-18-7-5-9-21(15-18)29-14-13-28(17-19(29)2)25(31)20-8-6-10-22(16-20)30-26(32)23-11-3-4-12-24(23)27(30)33/h3-10,15-16,19,23-24H,11-14,17H2,1-2H3/t19-,23-,24-/m1/s1. The fraction of sp³-hybridized carbons (Fsp3) is 0.370. The first kappa shape index (κ1) is 21.4. The maximum absolute atomic E-state index is 13.3. The summed E-state index contributed by atoms with van der Waals surface area (Å²) >= 11 is 0. The van der Waals surface area contributed by atoms with Gasteiger partial charge in [0.25, 0.3) is 5.91 Å². The summed E-state index contributed by atoms with van der Waals surface area (Å²) in [6, 6.07) is 15.6. The van der Waals surface area contributed by atoms with Crippen LogP contribution in [0.1, 0.15) is 35.7 Å². The number of imide groups is 1. The lowest BCUT2D eigenvalue weighted by molar-refractivity contribution is -0.122. The summed E-state index contributed by atoms with van der Waals surface area (Å²) in [4.78, 5) is 44.7. The molecule has 6 nitrogen and oxygen atoms in total. The zero-order valence-corrected chi connectivity index (χ0v) is 19.1. The molecule has 170 valence electrons. The number of amides is 3. The van der Waals surface area contributed by atoms with Crippen molar-refractivity contribution in [1.29, 1.82) is 0 Å². The minimum atomic E-state index is -0.280. The van der Waals surface area contributed by atoms with E-state index in [2.05, 4.69) is 43.0 Å². The van der Waals surface area contributed by atoms with Crippen LogP contribution in [0, 0.1) is 18.8 Å². The number of rotatable bonds is 3. The van der Waals surface area contributed by atoms with Gasteiger partial charge in [-0.1, -0.05) is 30.4 Å². The molecule has 0 aromatic heterocycles. The van der Waals surface area contributed by atoms with Crippen LogP contribution in [0.5, 0.6) is 0 Å². The first-order valence-corrected chi connectivity index (χ1v) is 11.7. The van der Waals surface area contributed by atoms with E-state index in [4.69, 9.17) is 0 Å². The number of fused-ring (bicyclic) bond motifs is 1. The number of aryl methyl sites for hydroxylation is 1. The van der Waals surface area contributed by atoms with Gasteiger partial charge in [-0.15, -0.1) is 0 Å². The highest BCUT2D eigenvalue weighted by Crippen LogP contribution is 2.38. The lowest BCUT2D eigenvalue weighted by atomic mass is 9.85. The molecular formula is C27H29N3O3. The summed E-state index contributed by atoms with van der Waals surface area (Å²) in [5.74, 6) is -0.931. The molecule has 6 heteroatoms. The van der Waals surface area contributed by atoms with Gasteiger partial charge in [-0.2, -0.15) is 0 Å². The Balaban J connectivity index is 1.32. The largest absolute Gasteiger partial charge is 0.365 e. The quantitative estimate of drug-likeness (QED) is 0.535. The molecule has 3 aliphatic rings. The van der Waals surface area contributed by atoms with Crippen molar-refractivity contribution in [2.75, 3.05) is 29.4 Å². The maximum Gasteiger partial charge on any atom is 0.254 e. The molecule has 2 heterocycles. The van der Waals surface area contributed by atoms with Crippen LogP contribution in [0.2, 0.25) is 0 Å². The first-order chi connectivity index (χ1) is 15.9. The molecule has 2 saturated heterocycles. The van der Waals surface area contributed by atoms with Crippen molar-refractivity contribution in [3.8, 4) is 0 Å². The number of anilines is 2. The molecule has 3 atom stereocenters. The molecule has 5 rings (SSSR count). The molecule has 2 aromatic rings. The summed E-state index contributed by atoms with van der Waals surface area (Å²) in [5.41, 5.74) is 3.41. The molecule has 3 amide bonds. The highest BCUT2D eigenvalue weighted by atomic mass is 16.2. The monoisotopic (exact) mass is 443 g/mol. The number of allylic oxidation sites excluding steroid dienone is 2. The van der Waals surface area contributed by atoms with E-state index in [0.29, 0.717) is 37.2 Å². The summed E-state index contributed by atoms with van der Waals surface area (Å²) in [5, 5.41) is 0. The third-order valence-electron chi connectivity index (χ3n) is 7.11. The highest BCUT2D eigenvalue weighted by Gasteiger charge is 2.47. The average Bonchev–Trinajstić information content (AvgIpc) is 3.08. The molecule has 0 saturated carbocycles. The Bertz CT molecular complexity index is 1110. The second kappa shape index (κ2) is 8.50. The first-order valence-electron chi connectivity index (χ1n) is 11.7. The van der Waals surface area contributed by atoms with Crippen LogP contribution in [0.15, 0.2) is 60.7 Å². The number of benzene rings is 2. The third kappa shape index (κ3) is 3.84. The fourth-order valence-corrected chi connectivity index (χ4v) is 5.35. The van der Waals surface area contributed by atoms with Gasteiger partial charge >= 0.3 is 0 Å². The molecule has 0 N–H and O–H groups in total. The van der Waals surface area contributed by atoms with Gasteiger partial charge in [0, 0.05) is 36.9 Å². The van der Waals surface area contributed by atoms with Gasteiger partial charge in [0.2, 0.25) is 11.8 Å². The van der Waals surface area contributed by atoms with Crippen molar-refractivity contribution in [3.63, 3.8) is 0 Å². The molecule has 2 aromatic carbocycles. The third-order valence-corrected chi connectivity index (χ3v) is 7.11. The van der Waals surface area contributed by atoms with Crippen molar-refractivity contribution in [1.82, 2.24) is 4.90 Å². The summed E-state index contributed by atoms with van der Waals surface area (Å²) in [7, 11) is 0. The van der Waals surface area contributed by atoms with Gasteiger partial charge in [0.1, 0.15) is 0 Å². The number of hydrogen-bond acceptors (Lipinski definition) is 4. The van der Waals surface area contributed by atoms with Crippen LogP contribution in [-0.4, -0.2) is 48.3 Å². The summed E-state index contributed by atoms with van der Waals surface area (Å²) in [6.07, 6.45) is 5.17. The van der Waals surface area contributed by atoms with E-state index >= 15 is 0 Å². The minimum absolute atomic E-state index is 0.0641. The molecule has 0 radical (unpaired) electrons. The van der Waals surface area contributed by atoms with E-state index in [1.807, 2.05) is 17.1 Å². The Kier molecular flexibility index (Phi) is 5.52. The van der Waals surface area contributed by atoms with Crippen molar-refractivity contribution in [2.24, 2.45) is 11.8 Å². The van der Waals surface area contributed by atoms with E-state index in [-0.39, 0.29) is 35.6 Å². The second-order valence-corrected chi connectivity index (χ2v) is 9.35. The summed E-state index contributed by atoms with van der Waals surface area (Å²) < 4.78 is 0. The molecule has 0 bridgehead atoms. The molecule has 0 unspecified atom stereocenters. The van der Waals surface area contributed by atoms with Gasteiger partial charge in [0.15, 0.2) is 0 Å². The van der Waals surface area contributed by atoms with Crippen LogP contribution in [0.4, 0.5) is 11.4 Å². The average molecular weight is 444 g/mol. The Labute approximate surface area is 194 Å². The SMILES string of the molecule is Cc1cccc(N2CCN(C(=O)c3cccc(N4C(=O)[C@@H]5CC=CC[C@H]5C4=O)c3)C[C@H]2C)c1. The van der Waals surface area contributed by atoms with E-state index < -0.39 is 0 Å². The Morgan fingerprint density at radius 3 is 2.21 bits per heavy atom. The molecular weight excluding hydrogens is 414 g/mol. The number of carbonyl (C=O) groups is 3. The Morgan fingerprint density at radius 2 is 1.55 bits per heavy atom. The number of hydrogen-bond donors (Lipinski definition) is 0. The smallest absolute Gasteiger partial charge is 0.254 e. The topological polar surface area (TPSA) is 60.9 Å². The predicted octanol–water partition coefficient (Wildman–Crippen LogP) is 3.80. The maximum atomic E-state index is 13.3. The van der Waals surface area contributed by atoms with Crippen molar-refractivity contribution in [2.45, 2.75) is 32.7 Å². The normalized spacial score (nSPS) is 24.9. The molecule has 2 aliphatic heterocycles. The zero-order valence-electron chi connectivity index (χ0n) is 19.1. The second-order valence-electron chi connectivity index (χ2n) is 9.35. The number of nitrogens with zero attached hydrogens (tertiary/aromatic N) is 3.